The largest absolute Gasteiger partial charge is 0.379 e. The van der Waals surface area contributed by atoms with E-state index in [1.165, 1.54) is 25.7 Å². The number of halogens is 2. The van der Waals surface area contributed by atoms with Gasteiger partial charge in [0.25, 0.3) is 0 Å². The van der Waals surface area contributed by atoms with E-state index in [0.717, 1.165) is 45.8 Å². The van der Waals surface area contributed by atoms with Crippen molar-refractivity contribution in [2.45, 2.75) is 51.1 Å². The Morgan fingerprint density at radius 1 is 1.21 bits per heavy atom. The maximum atomic E-state index is 12.2. The minimum Gasteiger partial charge on any atom is -0.379 e. The summed E-state index contributed by atoms with van der Waals surface area (Å²) in [7, 11) is 0. The molecule has 0 spiro atoms. The Morgan fingerprint density at radius 3 is 2.46 bits per heavy atom. The molecule has 3 heterocycles. The molecule has 3 aliphatic rings. The normalized spacial score (nSPS) is 30.8. The number of hydrogen-bond acceptors (Lipinski definition) is 4. The molecule has 0 aromatic heterocycles. The first-order valence-electron chi connectivity index (χ1n) is 9.02. The van der Waals surface area contributed by atoms with Gasteiger partial charge in [0.05, 0.1) is 13.2 Å². The number of rotatable bonds is 6. The third-order valence-corrected chi connectivity index (χ3v) is 5.37. The minimum atomic E-state index is 0. The van der Waals surface area contributed by atoms with Crippen LogP contribution < -0.4 is 10.6 Å². The van der Waals surface area contributed by atoms with Crippen LogP contribution in [0.1, 0.15) is 39.0 Å². The fraction of sp³-hybridized carbons (Fsp3) is 0.941. The van der Waals surface area contributed by atoms with Crippen LogP contribution in [-0.4, -0.2) is 62.3 Å². The SMILES string of the molecule is CC(CNC(=O)CC1CC2CCC(C1)N2)CN1CCOCC1.Cl.Cl. The van der Waals surface area contributed by atoms with Crippen molar-refractivity contribution in [3.63, 3.8) is 0 Å². The first-order chi connectivity index (χ1) is 10.7. The number of nitrogens with one attached hydrogen (secondary N) is 2. The number of ether oxygens (including phenoxy) is 1. The minimum absolute atomic E-state index is 0. The maximum Gasteiger partial charge on any atom is 0.220 e. The highest BCUT2D eigenvalue weighted by Crippen LogP contribution is 2.32. The molecular formula is C17H33Cl2N3O2. The van der Waals surface area contributed by atoms with Crippen molar-refractivity contribution in [2.24, 2.45) is 11.8 Å². The number of fused-ring (bicyclic) bond motifs is 2. The van der Waals surface area contributed by atoms with E-state index < -0.39 is 0 Å². The molecule has 0 radical (unpaired) electrons. The Bertz CT molecular complexity index is 369. The van der Waals surface area contributed by atoms with Gasteiger partial charge in [-0.3, -0.25) is 9.69 Å². The van der Waals surface area contributed by atoms with Crippen LogP contribution in [0.15, 0.2) is 0 Å². The molecule has 7 heteroatoms. The average Bonchev–Trinajstić information content (AvgIpc) is 2.85. The van der Waals surface area contributed by atoms with Crippen LogP contribution in [0, 0.1) is 11.8 Å². The predicted octanol–water partition coefficient (Wildman–Crippen LogP) is 1.84. The maximum absolute atomic E-state index is 12.2. The van der Waals surface area contributed by atoms with Crippen molar-refractivity contribution in [3.05, 3.63) is 0 Å². The van der Waals surface area contributed by atoms with Crippen LogP contribution in [0.3, 0.4) is 0 Å². The molecule has 3 saturated heterocycles. The third kappa shape index (κ3) is 6.68. The van der Waals surface area contributed by atoms with Gasteiger partial charge in [-0.1, -0.05) is 6.92 Å². The number of amides is 1. The average molecular weight is 382 g/mol. The van der Waals surface area contributed by atoms with E-state index >= 15 is 0 Å². The number of hydrogen-bond donors (Lipinski definition) is 2. The highest BCUT2D eigenvalue weighted by Gasteiger charge is 2.34. The van der Waals surface area contributed by atoms with E-state index in [1.54, 1.807) is 0 Å². The number of carbonyl (C=O) groups is 1. The van der Waals surface area contributed by atoms with E-state index in [9.17, 15) is 4.79 Å². The van der Waals surface area contributed by atoms with Gasteiger partial charge in [-0.25, -0.2) is 0 Å². The number of nitrogens with zero attached hydrogens (tertiary/aromatic N) is 1. The molecule has 0 saturated carbocycles. The standard InChI is InChI=1S/C17H31N3O2.2ClH/c1-13(12-20-4-6-22-7-5-20)11-18-17(21)10-14-8-15-2-3-16(9-14)19-15;;/h13-16,19H,2-12H2,1H3,(H,18,21);2*1H. The summed E-state index contributed by atoms with van der Waals surface area (Å²) in [6, 6.07) is 1.36. The number of morpholine rings is 1. The second-order valence-corrected chi connectivity index (χ2v) is 7.50. The van der Waals surface area contributed by atoms with Crippen LogP contribution in [0.4, 0.5) is 0 Å². The Balaban J connectivity index is 0.00000144. The second kappa shape index (κ2) is 10.8. The van der Waals surface area contributed by atoms with Crippen LogP contribution in [0.2, 0.25) is 0 Å². The summed E-state index contributed by atoms with van der Waals surface area (Å²) in [5, 5.41) is 6.79. The van der Waals surface area contributed by atoms with Gasteiger partial charge in [0.1, 0.15) is 0 Å². The van der Waals surface area contributed by atoms with Gasteiger partial charge in [0.2, 0.25) is 5.91 Å². The summed E-state index contributed by atoms with van der Waals surface area (Å²) in [5.74, 6) is 1.35. The molecule has 2 bridgehead atoms. The van der Waals surface area contributed by atoms with Gasteiger partial charge < -0.3 is 15.4 Å². The molecule has 2 N–H and O–H groups in total. The molecule has 3 atom stereocenters. The quantitative estimate of drug-likeness (QED) is 0.736. The lowest BCUT2D eigenvalue weighted by Gasteiger charge is -2.30. The predicted molar refractivity (Wildman–Crippen MR) is 101 cm³/mol. The molecule has 3 unspecified atom stereocenters. The van der Waals surface area contributed by atoms with Crippen molar-refractivity contribution in [1.82, 2.24) is 15.5 Å². The Labute approximate surface area is 158 Å². The smallest absolute Gasteiger partial charge is 0.220 e. The number of carbonyl (C=O) groups excluding carboxylic acids is 1. The molecular weight excluding hydrogens is 349 g/mol. The molecule has 1 amide bonds. The highest BCUT2D eigenvalue weighted by molar-refractivity contribution is 5.85. The van der Waals surface area contributed by atoms with Crippen molar-refractivity contribution >= 4 is 30.7 Å². The van der Waals surface area contributed by atoms with E-state index in [1.807, 2.05) is 0 Å². The monoisotopic (exact) mass is 381 g/mol. The fourth-order valence-corrected chi connectivity index (χ4v) is 4.25. The number of piperidine rings is 1. The highest BCUT2D eigenvalue weighted by atomic mass is 35.5. The van der Waals surface area contributed by atoms with E-state index in [-0.39, 0.29) is 30.7 Å². The van der Waals surface area contributed by atoms with Gasteiger partial charge in [0.15, 0.2) is 0 Å². The summed E-state index contributed by atoms with van der Waals surface area (Å²) in [5.41, 5.74) is 0. The van der Waals surface area contributed by atoms with Gasteiger partial charge in [-0.15, -0.1) is 24.8 Å². The molecule has 0 aromatic carbocycles. The van der Waals surface area contributed by atoms with Gasteiger partial charge >= 0.3 is 0 Å². The van der Waals surface area contributed by atoms with E-state index in [2.05, 4.69) is 22.5 Å². The molecule has 3 rings (SSSR count). The van der Waals surface area contributed by atoms with Crippen molar-refractivity contribution in [1.29, 1.82) is 0 Å². The second-order valence-electron chi connectivity index (χ2n) is 7.50. The molecule has 142 valence electrons. The van der Waals surface area contributed by atoms with Crippen molar-refractivity contribution in [2.75, 3.05) is 39.4 Å². The first-order valence-corrected chi connectivity index (χ1v) is 9.02. The Hall–Kier alpha value is -0.0700. The Morgan fingerprint density at radius 2 is 1.83 bits per heavy atom. The summed E-state index contributed by atoms with van der Waals surface area (Å²) < 4.78 is 5.37. The first kappa shape index (κ1) is 22.0. The molecule has 3 aliphatic heterocycles. The summed E-state index contributed by atoms with van der Waals surface area (Å²) >= 11 is 0. The van der Waals surface area contributed by atoms with Crippen LogP contribution >= 0.6 is 24.8 Å². The lowest BCUT2D eigenvalue weighted by molar-refractivity contribution is -0.122. The third-order valence-electron chi connectivity index (χ3n) is 5.37. The topological polar surface area (TPSA) is 53.6 Å². The fourth-order valence-electron chi connectivity index (χ4n) is 4.25. The van der Waals surface area contributed by atoms with Crippen molar-refractivity contribution < 1.29 is 9.53 Å². The molecule has 0 aromatic rings. The zero-order chi connectivity index (χ0) is 15.4. The van der Waals surface area contributed by atoms with Crippen LogP contribution in [-0.2, 0) is 9.53 Å². The Kier molecular flexibility index (Phi) is 9.90. The summed E-state index contributed by atoms with van der Waals surface area (Å²) in [4.78, 5) is 14.6. The van der Waals surface area contributed by atoms with Gasteiger partial charge in [0, 0.05) is 44.7 Å². The summed E-state index contributed by atoms with van der Waals surface area (Å²) in [6.45, 7) is 7.82. The van der Waals surface area contributed by atoms with Crippen LogP contribution in [0.5, 0.6) is 0 Å². The summed E-state index contributed by atoms with van der Waals surface area (Å²) in [6.07, 6.45) is 5.71. The molecule has 3 fully saturated rings. The zero-order valence-electron chi connectivity index (χ0n) is 14.7. The molecule has 24 heavy (non-hydrogen) atoms. The van der Waals surface area contributed by atoms with Crippen molar-refractivity contribution in [3.8, 4) is 0 Å². The van der Waals surface area contributed by atoms with Gasteiger partial charge in [-0.2, -0.15) is 0 Å². The van der Waals surface area contributed by atoms with E-state index in [4.69, 9.17) is 4.74 Å². The molecule has 0 aliphatic carbocycles. The molecule has 5 nitrogen and oxygen atoms in total. The van der Waals surface area contributed by atoms with Gasteiger partial charge in [-0.05, 0) is 37.5 Å². The van der Waals surface area contributed by atoms with Crippen LogP contribution in [0.25, 0.3) is 0 Å². The van der Waals surface area contributed by atoms with E-state index in [0.29, 0.717) is 23.9 Å². The lowest BCUT2D eigenvalue weighted by atomic mass is 9.89. The zero-order valence-corrected chi connectivity index (χ0v) is 16.3. The lowest BCUT2D eigenvalue weighted by Crippen LogP contribution is -2.42.